The van der Waals surface area contributed by atoms with Crippen molar-refractivity contribution >= 4 is 17.0 Å². The molecule has 5 heteroatoms. The van der Waals surface area contributed by atoms with Crippen molar-refractivity contribution in [3.8, 4) is 0 Å². The first-order chi connectivity index (χ1) is 6.18. The fourth-order valence-corrected chi connectivity index (χ4v) is 1.15. The molecule has 0 bridgehead atoms. The molecule has 13 heavy (non-hydrogen) atoms. The average molecular weight is 177 g/mol. The summed E-state index contributed by atoms with van der Waals surface area (Å²) in [4.78, 5) is 18.1. The van der Waals surface area contributed by atoms with Crippen LogP contribution in [-0.4, -0.2) is 25.6 Å². The SMILES string of the molecule is Cn1ccc2cnc(C(=O)O)nc21. The summed E-state index contributed by atoms with van der Waals surface area (Å²) in [6, 6.07) is 1.83. The molecule has 0 amide bonds. The molecule has 1 N–H and O–H groups in total. The molecular weight excluding hydrogens is 170 g/mol. The van der Waals surface area contributed by atoms with E-state index < -0.39 is 5.97 Å². The monoisotopic (exact) mass is 177 g/mol. The Morgan fingerprint density at radius 3 is 3.08 bits per heavy atom. The predicted molar refractivity (Wildman–Crippen MR) is 45.5 cm³/mol. The van der Waals surface area contributed by atoms with Gasteiger partial charge in [-0.25, -0.2) is 14.8 Å². The number of carboxylic acid groups (broad SMARTS) is 1. The van der Waals surface area contributed by atoms with Gasteiger partial charge in [0.1, 0.15) is 5.65 Å². The Hall–Kier alpha value is -1.91. The Morgan fingerprint density at radius 2 is 2.38 bits per heavy atom. The highest BCUT2D eigenvalue weighted by atomic mass is 16.4. The minimum atomic E-state index is -1.11. The van der Waals surface area contributed by atoms with Crippen LogP contribution in [0.15, 0.2) is 18.5 Å². The second-order valence-corrected chi connectivity index (χ2v) is 2.70. The number of aromatic nitrogens is 3. The molecule has 0 fully saturated rings. The smallest absolute Gasteiger partial charge is 0.374 e. The maximum absolute atomic E-state index is 10.5. The van der Waals surface area contributed by atoms with Crippen LogP contribution in [0, 0.1) is 0 Å². The lowest BCUT2D eigenvalue weighted by Gasteiger charge is -1.95. The van der Waals surface area contributed by atoms with Crippen molar-refractivity contribution in [2.75, 3.05) is 0 Å². The number of carboxylic acids is 1. The number of hydrogen-bond acceptors (Lipinski definition) is 3. The van der Waals surface area contributed by atoms with Gasteiger partial charge in [-0.05, 0) is 6.07 Å². The van der Waals surface area contributed by atoms with E-state index in [1.807, 2.05) is 12.3 Å². The van der Waals surface area contributed by atoms with Gasteiger partial charge in [-0.3, -0.25) is 0 Å². The summed E-state index contributed by atoms with van der Waals surface area (Å²) < 4.78 is 1.75. The van der Waals surface area contributed by atoms with Crippen LogP contribution in [0.25, 0.3) is 11.0 Å². The van der Waals surface area contributed by atoms with Crippen LogP contribution >= 0.6 is 0 Å². The van der Waals surface area contributed by atoms with E-state index in [9.17, 15) is 4.79 Å². The number of carbonyl (C=O) groups is 1. The van der Waals surface area contributed by atoms with Crippen LogP contribution < -0.4 is 0 Å². The molecule has 0 atom stereocenters. The van der Waals surface area contributed by atoms with Gasteiger partial charge >= 0.3 is 5.97 Å². The largest absolute Gasteiger partial charge is 0.475 e. The first-order valence-corrected chi connectivity index (χ1v) is 3.70. The molecule has 0 aliphatic heterocycles. The Kier molecular flexibility index (Phi) is 1.51. The minimum Gasteiger partial charge on any atom is -0.475 e. The van der Waals surface area contributed by atoms with Crippen molar-refractivity contribution in [2.45, 2.75) is 0 Å². The summed E-state index contributed by atoms with van der Waals surface area (Å²) in [5.74, 6) is -1.28. The molecule has 2 rings (SSSR count). The van der Waals surface area contributed by atoms with Crippen LogP contribution in [0.1, 0.15) is 10.6 Å². The highest BCUT2D eigenvalue weighted by molar-refractivity contribution is 5.86. The van der Waals surface area contributed by atoms with Crippen LogP contribution in [0.4, 0.5) is 0 Å². The number of fused-ring (bicyclic) bond motifs is 1. The normalized spacial score (nSPS) is 10.5. The summed E-state index contributed by atoms with van der Waals surface area (Å²) in [5.41, 5.74) is 0.632. The van der Waals surface area contributed by atoms with Crippen molar-refractivity contribution in [3.05, 3.63) is 24.3 Å². The zero-order chi connectivity index (χ0) is 9.42. The zero-order valence-electron chi connectivity index (χ0n) is 6.93. The minimum absolute atomic E-state index is 0.172. The third-order valence-corrected chi connectivity index (χ3v) is 1.80. The van der Waals surface area contributed by atoms with Gasteiger partial charge in [-0.1, -0.05) is 0 Å². The first-order valence-electron chi connectivity index (χ1n) is 3.70. The fourth-order valence-electron chi connectivity index (χ4n) is 1.15. The molecule has 2 heterocycles. The lowest BCUT2D eigenvalue weighted by atomic mass is 10.4. The van der Waals surface area contributed by atoms with Crippen molar-refractivity contribution in [3.63, 3.8) is 0 Å². The van der Waals surface area contributed by atoms with Crippen LogP contribution in [0.2, 0.25) is 0 Å². The molecule has 2 aromatic rings. The number of aromatic carboxylic acids is 1. The van der Waals surface area contributed by atoms with E-state index in [4.69, 9.17) is 5.11 Å². The maximum Gasteiger partial charge on any atom is 0.374 e. The van der Waals surface area contributed by atoms with Gasteiger partial charge in [-0.2, -0.15) is 0 Å². The van der Waals surface area contributed by atoms with Crippen molar-refractivity contribution in [1.29, 1.82) is 0 Å². The molecule has 0 aliphatic rings. The average Bonchev–Trinajstić information content (AvgIpc) is 2.47. The number of nitrogens with zero attached hydrogens (tertiary/aromatic N) is 3. The predicted octanol–water partition coefficient (Wildman–Crippen LogP) is 0.666. The third-order valence-electron chi connectivity index (χ3n) is 1.80. The molecule has 5 nitrogen and oxygen atoms in total. The summed E-state index contributed by atoms with van der Waals surface area (Å²) in [6.07, 6.45) is 3.32. The standard InChI is InChI=1S/C8H7N3O2/c1-11-3-2-5-4-9-6(8(12)13)10-7(5)11/h2-4H,1H3,(H,12,13). The molecule has 0 saturated heterocycles. The molecule has 0 radical (unpaired) electrons. The van der Waals surface area contributed by atoms with E-state index in [-0.39, 0.29) is 5.82 Å². The molecule has 0 unspecified atom stereocenters. The Bertz CT molecular complexity index is 475. The Labute approximate surface area is 73.7 Å². The van der Waals surface area contributed by atoms with E-state index in [0.717, 1.165) is 5.39 Å². The van der Waals surface area contributed by atoms with Crippen molar-refractivity contribution < 1.29 is 9.90 Å². The summed E-state index contributed by atoms with van der Waals surface area (Å²) in [6.45, 7) is 0. The lowest BCUT2D eigenvalue weighted by Crippen LogP contribution is -2.04. The van der Waals surface area contributed by atoms with Gasteiger partial charge in [0.25, 0.3) is 0 Å². The molecule has 0 aromatic carbocycles. The van der Waals surface area contributed by atoms with E-state index in [0.29, 0.717) is 5.65 Å². The highest BCUT2D eigenvalue weighted by Gasteiger charge is 2.08. The van der Waals surface area contributed by atoms with E-state index in [1.54, 1.807) is 11.6 Å². The van der Waals surface area contributed by atoms with Gasteiger partial charge in [0, 0.05) is 24.8 Å². The molecule has 0 saturated carbocycles. The topological polar surface area (TPSA) is 68.0 Å². The quantitative estimate of drug-likeness (QED) is 0.695. The van der Waals surface area contributed by atoms with Crippen LogP contribution in [0.3, 0.4) is 0 Å². The van der Waals surface area contributed by atoms with Crippen LogP contribution in [-0.2, 0) is 7.05 Å². The fraction of sp³-hybridized carbons (Fsp3) is 0.125. The Balaban J connectivity index is 2.72. The van der Waals surface area contributed by atoms with Gasteiger partial charge in [0.2, 0.25) is 5.82 Å². The highest BCUT2D eigenvalue weighted by Crippen LogP contribution is 2.10. The molecule has 2 aromatic heterocycles. The second-order valence-electron chi connectivity index (χ2n) is 2.70. The first kappa shape index (κ1) is 7.72. The third kappa shape index (κ3) is 1.14. The summed E-state index contributed by atoms with van der Waals surface area (Å²) in [5, 5.41) is 9.48. The van der Waals surface area contributed by atoms with Gasteiger partial charge < -0.3 is 9.67 Å². The van der Waals surface area contributed by atoms with E-state index >= 15 is 0 Å². The van der Waals surface area contributed by atoms with Crippen molar-refractivity contribution in [2.24, 2.45) is 7.05 Å². The number of rotatable bonds is 1. The van der Waals surface area contributed by atoms with Gasteiger partial charge in [0.05, 0.1) is 0 Å². The van der Waals surface area contributed by atoms with Crippen molar-refractivity contribution in [1.82, 2.24) is 14.5 Å². The van der Waals surface area contributed by atoms with E-state index in [2.05, 4.69) is 9.97 Å². The molecule has 0 spiro atoms. The van der Waals surface area contributed by atoms with Gasteiger partial charge in [-0.15, -0.1) is 0 Å². The molecule has 66 valence electrons. The molecular formula is C8H7N3O2. The van der Waals surface area contributed by atoms with Gasteiger partial charge in [0.15, 0.2) is 0 Å². The lowest BCUT2D eigenvalue weighted by molar-refractivity contribution is 0.0684. The number of aryl methyl sites for hydroxylation is 1. The summed E-state index contributed by atoms with van der Waals surface area (Å²) in [7, 11) is 1.81. The zero-order valence-corrected chi connectivity index (χ0v) is 6.93. The summed E-state index contributed by atoms with van der Waals surface area (Å²) >= 11 is 0. The number of hydrogen-bond donors (Lipinski definition) is 1. The second kappa shape index (κ2) is 2.55. The van der Waals surface area contributed by atoms with E-state index in [1.165, 1.54) is 6.20 Å². The molecule has 0 aliphatic carbocycles. The Morgan fingerprint density at radius 1 is 1.62 bits per heavy atom. The van der Waals surface area contributed by atoms with Crippen LogP contribution in [0.5, 0.6) is 0 Å². The maximum atomic E-state index is 10.5.